The Morgan fingerprint density at radius 1 is 1.06 bits per heavy atom. The normalized spacial score (nSPS) is 18.7. The molecule has 0 spiro atoms. The third-order valence-electron chi connectivity index (χ3n) is 2.85. The molecule has 100 valence electrons. The smallest absolute Gasteiger partial charge is 0.157 e. The highest BCUT2D eigenvalue weighted by atomic mass is 16.7. The van der Waals surface area contributed by atoms with E-state index in [4.69, 9.17) is 14.7 Å². The van der Waals surface area contributed by atoms with Crippen molar-refractivity contribution in [2.75, 3.05) is 13.2 Å². The van der Waals surface area contributed by atoms with Gasteiger partial charge in [0.2, 0.25) is 0 Å². The highest BCUT2D eigenvalue weighted by Crippen LogP contribution is 2.14. The van der Waals surface area contributed by atoms with E-state index >= 15 is 0 Å². The fourth-order valence-corrected chi connectivity index (χ4v) is 1.81. The second kappa shape index (κ2) is 11.1. The number of hydrogen-bond acceptors (Lipinski definition) is 3. The van der Waals surface area contributed by atoms with Crippen LogP contribution < -0.4 is 0 Å². The maximum atomic E-state index is 8.35. The molecular weight excluding hydrogens is 226 g/mol. The molecule has 1 atom stereocenters. The first-order valence-corrected chi connectivity index (χ1v) is 6.99. The minimum atomic E-state index is 0.0378. The Morgan fingerprint density at radius 2 is 1.89 bits per heavy atom. The fraction of sp³-hybridized carbons (Fsp3) is 0.800. The van der Waals surface area contributed by atoms with Gasteiger partial charge < -0.3 is 9.47 Å². The van der Waals surface area contributed by atoms with Crippen LogP contribution in [0.3, 0.4) is 0 Å². The van der Waals surface area contributed by atoms with Crippen LogP contribution in [0.2, 0.25) is 0 Å². The van der Waals surface area contributed by atoms with E-state index in [1.807, 2.05) is 0 Å². The van der Waals surface area contributed by atoms with Gasteiger partial charge in [-0.1, -0.05) is 0 Å². The van der Waals surface area contributed by atoms with E-state index in [1.54, 1.807) is 0 Å². The van der Waals surface area contributed by atoms with Gasteiger partial charge in [-0.3, -0.25) is 0 Å². The van der Waals surface area contributed by atoms with Gasteiger partial charge in [-0.15, -0.1) is 11.8 Å². The summed E-state index contributed by atoms with van der Waals surface area (Å²) < 4.78 is 11.1. The lowest BCUT2D eigenvalue weighted by Crippen LogP contribution is -2.22. The van der Waals surface area contributed by atoms with Crippen LogP contribution in [0.5, 0.6) is 0 Å². The fourth-order valence-electron chi connectivity index (χ4n) is 1.81. The zero-order valence-corrected chi connectivity index (χ0v) is 11.1. The number of hydrogen-bond donors (Lipinski definition) is 0. The first-order valence-electron chi connectivity index (χ1n) is 6.99. The van der Waals surface area contributed by atoms with Gasteiger partial charge in [0.15, 0.2) is 6.29 Å². The molecule has 0 aliphatic carbocycles. The number of rotatable bonds is 7. The summed E-state index contributed by atoms with van der Waals surface area (Å²) in [6.45, 7) is 1.62. The van der Waals surface area contributed by atoms with Crippen LogP contribution in [0.4, 0.5) is 0 Å². The Hall–Kier alpha value is -1.03. The lowest BCUT2D eigenvalue weighted by molar-refractivity contribution is -0.162. The van der Waals surface area contributed by atoms with Crippen LogP contribution >= 0.6 is 0 Å². The van der Waals surface area contributed by atoms with Gasteiger partial charge in [0, 0.05) is 32.5 Å². The van der Waals surface area contributed by atoms with E-state index in [1.165, 1.54) is 12.8 Å². The third kappa shape index (κ3) is 8.12. The standard InChI is InChI=1S/C15H23NO2/c16-12-8-5-3-1-2-4-6-9-13-17-15-11-7-10-14-18-15/h15H,3-11,13-14H2. The van der Waals surface area contributed by atoms with E-state index in [0.29, 0.717) is 6.42 Å². The van der Waals surface area contributed by atoms with E-state index < -0.39 is 0 Å². The van der Waals surface area contributed by atoms with Crippen molar-refractivity contribution in [2.24, 2.45) is 0 Å². The molecule has 0 amide bonds. The summed E-state index contributed by atoms with van der Waals surface area (Å²) in [6.07, 6.45) is 8.89. The zero-order valence-electron chi connectivity index (χ0n) is 11.1. The second-order valence-electron chi connectivity index (χ2n) is 4.49. The summed E-state index contributed by atoms with van der Waals surface area (Å²) in [5.41, 5.74) is 0. The molecule has 0 aromatic heterocycles. The molecule has 1 unspecified atom stereocenters. The topological polar surface area (TPSA) is 42.2 Å². The maximum absolute atomic E-state index is 8.35. The summed E-state index contributed by atoms with van der Waals surface area (Å²) in [4.78, 5) is 0. The van der Waals surface area contributed by atoms with Crippen molar-refractivity contribution < 1.29 is 9.47 Å². The van der Waals surface area contributed by atoms with Crippen molar-refractivity contribution >= 4 is 0 Å². The van der Waals surface area contributed by atoms with Gasteiger partial charge in [0.05, 0.1) is 6.07 Å². The van der Waals surface area contributed by atoms with Crippen LogP contribution in [0, 0.1) is 23.2 Å². The van der Waals surface area contributed by atoms with Crippen LogP contribution in [-0.2, 0) is 9.47 Å². The molecule has 1 aliphatic heterocycles. The molecule has 0 saturated carbocycles. The minimum absolute atomic E-state index is 0.0378. The molecule has 1 aliphatic rings. The Kier molecular flexibility index (Phi) is 9.25. The van der Waals surface area contributed by atoms with Crippen molar-refractivity contribution in [3.05, 3.63) is 0 Å². The Balaban J connectivity index is 1.84. The quantitative estimate of drug-likeness (QED) is 0.513. The summed E-state index contributed by atoms with van der Waals surface area (Å²) in [7, 11) is 0. The lowest BCUT2D eigenvalue weighted by atomic mass is 10.2. The summed E-state index contributed by atoms with van der Waals surface area (Å²) >= 11 is 0. The Morgan fingerprint density at radius 3 is 2.61 bits per heavy atom. The van der Waals surface area contributed by atoms with Crippen molar-refractivity contribution in [3.63, 3.8) is 0 Å². The first-order chi connectivity index (χ1) is 8.93. The minimum Gasteiger partial charge on any atom is -0.353 e. The SMILES string of the molecule is N#CCCCC#CCCCCOC1CCCCO1. The molecular formula is C15H23NO2. The zero-order chi connectivity index (χ0) is 12.9. The molecule has 3 heteroatoms. The second-order valence-corrected chi connectivity index (χ2v) is 4.49. The van der Waals surface area contributed by atoms with Crippen molar-refractivity contribution in [1.82, 2.24) is 0 Å². The van der Waals surface area contributed by atoms with Gasteiger partial charge in [0.1, 0.15) is 0 Å². The number of nitriles is 1. The van der Waals surface area contributed by atoms with E-state index in [9.17, 15) is 0 Å². The van der Waals surface area contributed by atoms with Crippen LogP contribution in [0.15, 0.2) is 0 Å². The number of ether oxygens (including phenoxy) is 2. The molecule has 1 heterocycles. The van der Waals surface area contributed by atoms with Crippen LogP contribution in [0.25, 0.3) is 0 Å². The highest BCUT2D eigenvalue weighted by molar-refractivity contribution is 4.98. The summed E-state index contributed by atoms with van der Waals surface area (Å²) in [5, 5.41) is 8.35. The van der Waals surface area contributed by atoms with E-state index in [0.717, 1.165) is 51.7 Å². The predicted octanol–water partition coefficient (Wildman–Crippen LogP) is 3.40. The van der Waals surface area contributed by atoms with Gasteiger partial charge in [-0.25, -0.2) is 0 Å². The summed E-state index contributed by atoms with van der Waals surface area (Å²) in [6, 6.07) is 2.12. The average Bonchev–Trinajstić information content (AvgIpc) is 2.42. The van der Waals surface area contributed by atoms with Gasteiger partial charge in [0.25, 0.3) is 0 Å². The Bertz CT molecular complexity index is 292. The lowest BCUT2D eigenvalue weighted by Gasteiger charge is -2.22. The first kappa shape index (κ1) is 15.0. The Labute approximate surface area is 110 Å². The predicted molar refractivity (Wildman–Crippen MR) is 70.6 cm³/mol. The van der Waals surface area contributed by atoms with Crippen molar-refractivity contribution in [2.45, 2.75) is 64.1 Å². The third-order valence-corrected chi connectivity index (χ3v) is 2.85. The highest BCUT2D eigenvalue weighted by Gasteiger charge is 2.12. The average molecular weight is 249 g/mol. The molecule has 3 nitrogen and oxygen atoms in total. The van der Waals surface area contributed by atoms with Crippen molar-refractivity contribution in [3.8, 4) is 17.9 Å². The molecule has 1 saturated heterocycles. The maximum Gasteiger partial charge on any atom is 0.157 e. The molecule has 0 aromatic rings. The molecule has 0 bridgehead atoms. The number of unbranched alkanes of at least 4 members (excludes halogenated alkanes) is 4. The summed E-state index contributed by atoms with van der Waals surface area (Å²) in [5.74, 6) is 6.23. The monoisotopic (exact) mass is 249 g/mol. The van der Waals surface area contributed by atoms with Crippen LogP contribution in [0.1, 0.15) is 57.8 Å². The molecule has 1 fully saturated rings. The van der Waals surface area contributed by atoms with Crippen molar-refractivity contribution in [1.29, 1.82) is 5.26 Å². The largest absolute Gasteiger partial charge is 0.353 e. The van der Waals surface area contributed by atoms with Gasteiger partial charge in [-0.2, -0.15) is 5.26 Å². The molecule has 18 heavy (non-hydrogen) atoms. The van der Waals surface area contributed by atoms with Crippen LogP contribution in [-0.4, -0.2) is 19.5 Å². The molecule has 0 N–H and O–H groups in total. The molecule has 1 rings (SSSR count). The van der Waals surface area contributed by atoms with Gasteiger partial charge in [-0.05, 0) is 38.5 Å². The molecule has 0 aromatic carbocycles. The number of nitrogens with zero attached hydrogens (tertiary/aromatic N) is 1. The molecule has 0 radical (unpaired) electrons. The van der Waals surface area contributed by atoms with E-state index in [-0.39, 0.29) is 6.29 Å². The van der Waals surface area contributed by atoms with E-state index in [2.05, 4.69) is 17.9 Å². The van der Waals surface area contributed by atoms with Gasteiger partial charge >= 0.3 is 0 Å².